The van der Waals surface area contributed by atoms with Crippen molar-refractivity contribution in [2.24, 2.45) is 0 Å². The van der Waals surface area contributed by atoms with Crippen LogP contribution in [-0.4, -0.2) is 13.1 Å². The SMILES string of the molecule is COC(=O)c1occc1CNC(C)c1ccc(Cl)cc1Cl. The first-order valence-electron chi connectivity index (χ1n) is 6.36. The zero-order valence-corrected chi connectivity index (χ0v) is 13.2. The second kappa shape index (κ2) is 6.98. The largest absolute Gasteiger partial charge is 0.463 e. The molecule has 4 nitrogen and oxygen atoms in total. The van der Waals surface area contributed by atoms with Crippen LogP contribution in [0.25, 0.3) is 0 Å². The third kappa shape index (κ3) is 3.79. The first kappa shape index (κ1) is 15.9. The Morgan fingerprint density at radius 3 is 2.81 bits per heavy atom. The van der Waals surface area contributed by atoms with E-state index in [9.17, 15) is 4.79 Å². The molecule has 2 rings (SSSR count). The summed E-state index contributed by atoms with van der Waals surface area (Å²) in [5.74, 6) is -0.284. The van der Waals surface area contributed by atoms with Gasteiger partial charge in [-0.1, -0.05) is 29.3 Å². The normalized spacial score (nSPS) is 12.2. The van der Waals surface area contributed by atoms with E-state index in [1.165, 1.54) is 13.4 Å². The predicted molar refractivity (Wildman–Crippen MR) is 81.8 cm³/mol. The standard InChI is InChI=1S/C15H15Cl2NO3/c1-9(12-4-3-11(16)7-13(12)17)18-8-10-5-6-21-14(10)15(19)20-2/h3-7,9,18H,8H2,1-2H3. The van der Waals surface area contributed by atoms with Crippen molar-refractivity contribution in [1.82, 2.24) is 5.32 Å². The maximum atomic E-state index is 11.5. The predicted octanol–water partition coefficient (Wildman–Crippen LogP) is 4.22. The molecule has 0 bridgehead atoms. The average Bonchev–Trinajstić information content (AvgIpc) is 2.92. The number of hydrogen-bond acceptors (Lipinski definition) is 4. The summed E-state index contributed by atoms with van der Waals surface area (Å²) in [7, 11) is 1.32. The van der Waals surface area contributed by atoms with Gasteiger partial charge in [-0.2, -0.15) is 0 Å². The van der Waals surface area contributed by atoms with Crippen LogP contribution in [0, 0.1) is 0 Å². The molecule has 0 radical (unpaired) electrons. The molecular weight excluding hydrogens is 313 g/mol. The Labute approximate surface area is 133 Å². The van der Waals surface area contributed by atoms with Crippen molar-refractivity contribution in [2.45, 2.75) is 19.5 Å². The lowest BCUT2D eigenvalue weighted by Gasteiger charge is -2.15. The van der Waals surface area contributed by atoms with Crippen molar-refractivity contribution >= 4 is 29.2 Å². The van der Waals surface area contributed by atoms with Crippen LogP contribution in [0.15, 0.2) is 34.9 Å². The Hall–Kier alpha value is -1.49. The van der Waals surface area contributed by atoms with Crippen molar-refractivity contribution in [2.75, 3.05) is 7.11 Å². The summed E-state index contributed by atoms with van der Waals surface area (Å²) < 4.78 is 9.80. The van der Waals surface area contributed by atoms with Crippen molar-refractivity contribution in [3.63, 3.8) is 0 Å². The van der Waals surface area contributed by atoms with Crippen molar-refractivity contribution in [3.8, 4) is 0 Å². The van der Waals surface area contributed by atoms with Crippen molar-refractivity contribution in [1.29, 1.82) is 0 Å². The summed E-state index contributed by atoms with van der Waals surface area (Å²) in [6.45, 7) is 2.44. The summed E-state index contributed by atoms with van der Waals surface area (Å²) in [6, 6.07) is 7.09. The second-order valence-electron chi connectivity index (χ2n) is 4.53. The molecule has 0 amide bonds. The van der Waals surface area contributed by atoms with Crippen LogP contribution < -0.4 is 5.32 Å². The van der Waals surface area contributed by atoms with Gasteiger partial charge in [0.15, 0.2) is 0 Å². The summed E-state index contributed by atoms with van der Waals surface area (Å²) in [5, 5.41) is 4.48. The van der Waals surface area contributed by atoms with Gasteiger partial charge in [0.25, 0.3) is 0 Å². The quantitative estimate of drug-likeness (QED) is 0.835. The molecule has 1 unspecified atom stereocenters. The molecule has 6 heteroatoms. The molecule has 0 aliphatic heterocycles. The van der Waals surface area contributed by atoms with Gasteiger partial charge in [-0.25, -0.2) is 4.79 Å². The smallest absolute Gasteiger partial charge is 0.374 e. The third-order valence-corrected chi connectivity index (χ3v) is 3.71. The van der Waals surface area contributed by atoms with E-state index < -0.39 is 5.97 Å². The number of halogens is 2. The highest BCUT2D eigenvalue weighted by atomic mass is 35.5. The number of carbonyl (C=O) groups is 1. The van der Waals surface area contributed by atoms with Crippen LogP contribution in [0.4, 0.5) is 0 Å². The van der Waals surface area contributed by atoms with Crippen LogP contribution >= 0.6 is 23.2 Å². The van der Waals surface area contributed by atoms with Crippen LogP contribution in [0.5, 0.6) is 0 Å². The monoisotopic (exact) mass is 327 g/mol. The number of nitrogens with one attached hydrogen (secondary N) is 1. The number of esters is 1. The maximum Gasteiger partial charge on any atom is 0.374 e. The number of rotatable bonds is 5. The van der Waals surface area contributed by atoms with Crippen molar-refractivity contribution in [3.05, 3.63) is 57.5 Å². The zero-order chi connectivity index (χ0) is 15.4. The minimum absolute atomic E-state index is 0.00448. The molecule has 0 aliphatic carbocycles. The molecule has 112 valence electrons. The fourth-order valence-corrected chi connectivity index (χ4v) is 2.54. The minimum Gasteiger partial charge on any atom is -0.463 e. The zero-order valence-electron chi connectivity index (χ0n) is 11.7. The molecule has 0 saturated heterocycles. The molecule has 1 heterocycles. The lowest BCUT2D eigenvalue weighted by Crippen LogP contribution is -2.19. The van der Waals surface area contributed by atoms with Crippen LogP contribution in [0.3, 0.4) is 0 Å². The summed E-state index contributed by atoms with van der Waals surface area (Å²) in [5.41, 5.74) is 1.67. The van der Waals surface area contributed by atoms with E-state index in [0.29, 0.717) is 16.6 Å². The van der Waals surface area contributed by atoms with Gasteiger partial charge in [0, 0.05) is 28.2 Å². The van der Waals surface area contributed by atoms with Gasteiger partial charge in [-0.05, 0) is 30.7 Å². The van der Waals surface area contributed by atoms with E-state index in [-0.39, 0.29) is 11.8 Å². The molecule has 1 aromatic heterocycles. The average molecular weight is 328 g/mol. The number of methoxy groups -OCH3 is 1. The summed E-state index contributed by atoms with van der Waals surface area (Å²) in [6.07, 6.45) is 1.46. The lowest BCUT2D eigenvalue weighted by molar-refractivity contribution is 0.0563. The van der Waals surface area contributed by atoms with Gasteiger partial charge in [0.2, 0.25) is 5.76 Å². The first-order valence-corrected chi connectivity index (χ1v) is 7.11. The number of hydrogen-bond donors (Lipinski definition) is 1. The van der Waals surface area contributed by atoms with Crippen LogP contribution in [0.1, 0.15) is 34.6 Å². The van der Waals surface area contributed by atoms with E-state index in [1.54, 1.807) is 18.2 Å². The molecular formula is C15H15Cl2NO3. The maximum absolute atomic E-state index is 11.5. The van der Waals surface area contributed by atoms with E-state index in [0.717, 1.165) is 11.1 Å². The highest BCUT2D eigenvalue weighted by Crippen LogP contribution is 2.26. The Morgan fingerprint density at radius 1 is 1.38 bits per heavy atom. The number of furan rings is 1. The van der Waals surface area contributed by atoms with E-state index in [1.807, 2.05) is 13.0 Å². The molecule has 0 aliphatic rings. The number of benzene rings is 1. The van der Waals surface area contributed by atoms with E-state index in [4.69, 9.17) is 27.6 Å². The summed E-state index contributed by atoms with van der Waals surface area (Å²) >= 11 is 12.1. The Balaban J connectivity index is 2.06. The molecule has 1 aromatic carbocycles. The third-order valence-electron chi connectivity index (χ3n) is 3.15. The molecule has 2 aromatic rings. The number of ether oxygens (including phenoxy) is 1. The molecule has 21 heavy (non-hydrogen) atoms. The fraction of sp³-hybridized carbons (Fsp3) is 0.267. The van der Waals surface area contributed by atoms with Gasteiger partial charge >= 0.3 is 5.97 Å². The molecule has 0 saturated carbocycles. The van der Waals surface area contributed by atoms with Crippen LogP contribution in [-0.2, 0) is 11.3 Å². The van der Waals surface area contributed by atoms with Gasteiger partial charge < -0.3 is 14.5 Å². The van der Waals surface area contributed by atoms with Gasteiger partial charge in [0.05, 0.1) is 13.4 Å². The van der Waals surface area contributed by atoms with Gasteiger partial charge in [0.1, 0.15) is 0 Å². The fourth-order valence-electron chi connectivity index (χ4n) is 1.97. The highest BCUT2D eigenvalue weighted by Gasteiger charge is 2.17. The Kier molecular flexibility index (Phi) is 5.28. The first-order chi connectivity index (χ1) is 10.0. The second-order valence-corrected chi connectivity index (χ2v) is 5.38. The molecule has 0 spiro atoms. The summed E-state index contributed by atoms with van der Waals surface area (Å²) in [4.78, 5) is 11.5. The topological polar surface area (TPSA) is 51.5 Å². The van der Waals surface area contributed by atoms with Gasteiger partial charge in [-0.3, -0.25) is 0 Å². The highest BCUT2D eigenvalue weighted by molar-refractivity contribution is 6.35. The van der Waals surface area contributed by atoms with E-state index in [2.05, 4.69) is 10.1 Å². The Morgan fingerprint density at radius 2 is 2.14 bits per heavy atom. The minimum atomic E-state index is -0.492. The number of carbonyl (C=O) groups excluding carboxylic acids is 1. The molecule has 1 N–H and O–H groups in total. The molecule has 1 atom stereocenters. The Bertz CT molecular complexity index is 640. The van der Waals surface area contributed by atoms with Crippen molar-refractivity contribution < 1.29 is 13.9 Å². The van der Waals surface area contributed by atoms with E-state index >= 15 is 0 Å². The van der Waals surface area contributed by atoms with Gasteiger partial charge in [-0.15, -0.1) is 0 Å². The molecule has 0 fully saturated rings. The van der Waals surface area contributed by atoms with Crippen LogP contribution in [0.2, 0.25) is 10.0 Å². The lowest BCUT2D eigenvalue weighted by atomic mass is 10.1.